The maximum atomic E-state index is 5.04. The van der Waals surface area contributed by atoms with Crippen LogP contribution in [0.2, 0.25) is 0 Å². The molecule has 7 heteroatoms. The molecule has 1 rings (SSSR count). The zero-order chi connectivity index (χ0) is 11.1. The minimum atomic E-state index is 0.668. The molecular formula is C8H14BrN3O2S. The maximum Gasteiger partial charge on any atom is 0.209 e. The molecule has 0 unspecified atom stereocenters. The number of ether oxygens (including phenoxy) is 2. The third-order valence-corrected chi connectivity index (χ3v) is 3.21. The highest BCUT2D eigenvalue weighted by Crippen LogP contribution is 2.23. The predicted octanol–water partition coefficient (Wildman–Crippen LogP) is 1.40. The number of rotatable bonds is 7. The summed E-state index contributed by atoms with van der Waals surface area (Å²) in [5.74, 6) is 0. The van der Waals surface area contributed by atoms with Gasteiger partial charge in [-0.05, 0) is 15.9 Å². The van der Waals surface area contributed by atoms with Crippen molar-refractivity contribution in [2.75, 3.05) is 45.4 Å². The normalized spacial score (nSPS) is 10.6. The van der Waals surface area contributed by atoms with Gasteiger partial charge in [0.2, 0.25) is 5.13 Å². The highest BCUT2D eigenvalue weighted by Gasteiger charge is 2.10. The second kappa shape index (κ2) is 7.10. The number of hydrogen-bond acceptors (Lipinski definition) is 6. The summed E-state index contributed by atoms with van der Waals surface area (Å²) in [5, 5.41) is 8.86. The second-order valence-corrected chi connectivity index (χ2v) is 5.04. The Hall–Kier alpha value is -0.240. The number of aromatic nitrogens is 2. The summed E-state index contributed by atoms with van der Waals surface area (Å²) in [6.45, 7) is 2.92. The summed E-state index contributed by atoms with van der Waals surface area (Å²) >= 11 is 4.80. The molecule has 0 aromatic carbocycles. The fourth-order valence-corrected chi connectivity index (χ4v) is 2.17. The van der Waals surface area contributed by atoms with Crippen molar-refractivity contribution in [2.24, 2.45) is 0 Å². The Morgan fingerprint density at radius 2 is 1.80 bits per heavy atom. The second-order valence-electron chi connectivity index (χ2n) is 2.81. The van der Waals surface area contributed by atoms with E-state index in [1.54, 1.807) is 14.2 Å². The molecule has 0 spiro atoms. The van der Waals surface area contributed by atoms with Crippen molar-refractivity contribution in [3.05, 3.63) is 3.92 Å². The van der Waals surface area contributed by atoms with Crippen molar-refractivity contribution in [2.45, 2.75) is 0 Å². The van der Waals surface area contributed by atoms with E-state index in [0.29, 0.717) is 13.2 Å². The van der Waals surface area contributed by atoms with Crippen LogP contribution >= 0.6 is 27.3 Å². The first-order valence-electron chi connectivity index (χ1n) is 4.49. The number of nitrogens with zero attached hydrogens (tertiary/aromatic N) is 3. The van der Waals surface area contributed by atoms with Crippen molar-refractivity contribution in [3.8, 4) is 0 Å². The standard InChI is InChI=1S/C8H14BrN3O2S/c1-13-5-3-12(4-6-14-2)8-11-10-7(9)15-8/h3-6H2,1-2H3. The smallest absolute Gasteiger partial charge is 0.209 e. The molecule has 1 aromatic heterocycles. The molecule has 0 atom stereocenters. The lowest BCUT2D eigenvalue weighted by molar-refractivity contribution is 0.190. The number of methoxy groups -OCH3 is 2. The molecule has 0 amide bonds. The van der Waals surface area contributed by atoms with Crippen LogP contribution in [0.3, 0.4) is 0 Å². The van der Waals surface area contributed by atoms with Crippen LogP contribution in [0.15, 0.2) is 3.92 Å². The van der Waals surface area contributed by atoms with E-state index in [0.717, 1.165) is 22.1 Å². The summed E-state index contributed by atoms with van der Waals surface area (Å²) in [6, 6.07) is 0. The van der Waals surface area contributed by atoms with Gasteiger partial charge in [0.1, 0.15) is 0 Å². The van der Waals surface area contributed by atoms with Crippen LogP contribution in [-0.4, -0.2) is 50.7 Å². The predicted molar refractivity (Wildman–Crippen MR) is 63.6 cm³/mol. The van der Waals surface area contributed by atoms with Gasteiger partial charge in [-0.1, -0.05) is 11.3 Å². The average molecular weight is 296 g/mol. The van der Waals surface area contributed by atoms with E-state index in [9.17, 15) is 0 Å². The summed E-state index contributed by atoms with van der Waals surface area (Å²) in [6.07, 6.45) is 0. The molecule has 1 aromatic rings. The minimum absolute atomic E-state index is 0.668. The van der Waals surface area contributed by atoms with Crippen LogP contribution in [-0.2, 0) is 9.47 Å². The Balaban J connectivity index is 2.54. The highest BCUT2D eigenvalue weighted by molar-refractivity contribution is 9.11. The van der Waals surface area contributed by atoms with Gasteiger partial charge in [0.25, 0.3) is 0 Å². The molecule has 0 N–H and O–H groups in total. The van der Waals surface area contributed by atoms with Crippen molar-refractivity contribution in [1.82, 2.24) is 10.2 Å². The molecule has 1 heterocycles. The molecule has 0 aliphatic carbocycles. The molecule has 0 bridgehead atoms. The van der Waals surface area contributed by atoms with Crippen molar-refractivity contribution < 1.29 is 9.47 Å². The summed E-state index contributed by atoms with van der Waals surface area (Å²) in [4.78, 5) is 2.09. The van der Waals surface area contributed by atoms with E-state index in [1.807, 2.05) is 0 Å². The lowest BCUT2D eigenvalue weighted by Gasteiger charge is -2.19. The van der Waals surface area contributed by atoms with Gasteiger partial charge < -0.3 is 14.4 Å². The van der Waals surface area contributed by atoms with Crippen LogP contribution in [0.25, 0.3) is 0 Å². The minimum Gasteiger partial charge on any atom is -0.383 e. The number of hydrogen-bond donors (Lipinski definition) is 0. The van der Waals surface area contributed by atoms with E-state index in [2.05, 4.69) is 31.0 Å². The molecule has 5 nitrogen and oxygen atoms in total. The van der Waals surface area contributed by atoms with Crippen LogP contribution < -0.4 is 4.90 Å². The SMILES string of the molecule is COCCN(CCOC)c1nnc(Br)s1. The molecule has 0 radical (unpaired) electrons. The zero-order valence-electron chi connectivity index (χ0n) is 8.77. The zero-order valence-corrected chi connectivity index (χ0v) is 11.2. The summed E-state index contributed by atoms with van der Waals surface area (Å²) in [5.41, 5.74) is 0. The fourth-order valence-electron chi connectivity index (χ4n) is 1.03. The molecule has 0 aliphatic rings. The Morgan fingerprint density at radius 1 is 1.20 bits per heavy atom. The lowest BCUT2D eigenvalue weighted by Crippen LogP contribution is -2.30. The first kappa shape index (κ1) is 12.8. The van der Waals surface area contributed by atoms with Gasteiger partial charge in [0, 0.05) is 27.3 Å². The maximum absolute atomic E-state index is 5.04. The Bertz CT molecular complexity index is 277. The van der Waals surface area contributed by atoms with Gasteiger partial charge >= 0.3 is 0 Å². The largest absolute Gasteiger partial charge is 0.383 e. The quantitative estimate of drug-likeness (QED) is 0.761. The van der Waals surface area contributed by atoms with Crippen LogP contribution in [0.1, 0.15) is 0 Å². The van der Waals surface area contributed by atoms with E-state index in [-0.39, 0.29) is 0 Å². The fraction of sp³-hybridized carbons (Fsp3) is 0.750. The first-order chi connectivity index (χ1) is 7.27. The molecule has 0 fully saturated rings. The monoisotopic (exact) mass is 295 g/mol. The third-order valence-electron chi connectivity index (χ3n) is 1.79. The molecular weight excluding hydrogens is 282 g/mol. The summed E-state index contributed by atoms with van der Waals surface area (Å²) < 4.78 is 10.9. The Kier molecular flexibility index (Phi) is 6.07. The summed E-state index contributed by atoms with van der Waals surface area (Å²) in [7, 11) is 3.37. The van der Waals surface area contributed by atoms with Crippen molar-refractivity contribution in [3.63, 3.8) is 0 Å². The molecule has 0 aliphatic heterocycles. The van der Waals surface area contributed by atoms with Gasteiger partial charge in [-0.15, -0.1) is 10.2 Å². The highest BCUT2D eigenvalue weighted by atomic mass is 79.9. The lowest BCUT2D eigenvalue weighted by atomic mass is 10.5. The molecule has 0 saturated heterocycles. The van der Waals surface area contributed by atoms with E-state index < -0.39 is 0 Å². The van der Waals surface area contributed by atoms with E-state index in [4.69, 9.17) is 9.47 Å². The molecule has 15 heavy (non-hydrogen) atoms. The molecule has 86 valence electrons. The first-order valence-corrected chi connectivity index (χ1v) is 6.10. The van der Waals surface area contributed by atoms with Gasteiger partial charge in [-0.2, -0.15) is 0 Å². The van der Waals surface area contributed by atoms with Crippen molar-refractivity contribution >= 4 is 32.4 Å². The average Bonchev–Trinajstić information content (AvgIpc) is 2.65. The Morgan fingerprint density at radius 3 is 2.20 bits per heavy atom. The van der Waals surface area contributed by atoms with Gasteiger partial charge in [0.05, 0.1) is 13.2 Å². The van der Waals surface area contributed by atoms with Gasteiger partial charge in [-0.3, -0.25) is 0 Å². The number of halogens is 1. The van der Waals surface area contributed by atoms with Crippen molar-refractivity contribution in [1.29, 1.82) is 0 Å². The van der Waals surface area contributed by atoms with Crippen LogP contribution in [0.5, 0.6) is 0 Å². The molecule has 0 saturated carbocycles. The van der Waals surface area contributed by atoms with E-state index >= 15 is 0 Å². The van der Waals surface area contributed by atoms with Crippen LogP contribution in [0, 0.1) is 0 Å². The van der Waals surface area contributed by atoms with E-state index in [1.165, 1.54) is 11.3 Å². The third kappa shape index (κ3) is 4.42. The van der Waals surface area contributed by atoms with Gasteiger partial charge in [0.15, 0.2) is 3.92 Å². The van der Waals surface area contributed by atoms with Crippen LogP contribution in [0.4, 0.5) is 5.13 Å². The topological polar surface area (TPSA) is 47.5 Å². The Labute approximate surface area is 102 Å². The van der Waals surface area contributed by atoms with Gasteiger partial charge in [-0.25, -0.2) is 0 Å². The number of anilines is 1.